The Morgan fingerprint density at radius 3 is 2.60 bits per heavy atom. The van der Waals surface area contributed by atoms with Crippen molar-refractivity contribution in [1.29, 1.82) is 0 Å². The van der Waals surface area contributed by atoms with Crippen molar-refractivity contribution in [2.24, 2.45) is 5.73 Å². The van der Waals surface area contributed by atoms with Crippen molar-refractivity contribution < 1.29 is 17.9 Å². The molecule has 0 atom stereocenters. The molecule has 15 heavy (non-hydrogen) atoms. The third kappa shape index (κ3) is 8.28. The Morgan fingerprint density at radius 2 is 2.13 bits per heavy atom. The van der Waals surface area contributed by atoms with Crippen LogP contribution in [0, 0.1) is 0 Å². The SMILES string of the molecule is CCOC(=O)CS(=O)(=O)NCCC(N)=S. The molecule has 0 aromatic rings. The Balaban J connectivity index is 3.97. The number of nitrogens with one attached hydrogen (secondary N) is 1. The Bertz CT molecular complexity index is 326. The second kappa shape index (κ2) is 6.70. The predicted octanol–water partition coefficient (Wildman–Crippen LogP) is -0.855. The fourth-order valence-electron chi connectivity index (χ4n) is 0.739. The van der Waals surface area contributed by atoms with E-state index < -0.39 is 21.7 Å². The summed E-state index contributed by atoms with van der Waals surface area (Å²) < 4.78 is 29.1. The van der Waals surface area contributed by atoms with Crippen LogP contribution in [0.3, 0.4) is 0 Å². The zero-order chi connectivity index (χ0) is 11.9. The standard InChI is InChI=1S/C7H14N2O4S2/c1-2-13-7(10)5-15(11,12)9-4-3-6(8)14/h9H,2-5H2,1H3,(H2,8,14). The minimum Gasteiger partial charge on any atom is -0.465 e. The van der Waals surface area contributed by atoms with Gasteiger partial charge in [0, 0.05) is 13.0 Å². The van der Waals surface area contributed by atoms with Crippen LogP contribution in [0.4, 0.5) is 0 Å². The molecule has 8 heteroatoms. The lowest BCUT2D eigenvalue weighted by Crippen LogP contribution is -2.33. The van der Waals surface area contributed by atoms with E-state index in [1.54, 1.807) is 6.92 Å². The first-order chi connectivity index (χ1) is 6.87. The van der Waals surface area contributed by atoms with Crippen LogP contribution >= 0.6 is 12.2 Å². The fraction of sp³-hybridized carbons (Fsp3) is 0.714. The lowest BCUT2D eigenvalue weighted by atomic mass is 10.4. The van der Waals surface area contributed by atoms with E-state index in [2.05, 4.69) is 21.7 Å². The van der Waals surface area contributed by atoms with Gasteiger partial charge in [0.2, 0.25) is 10.0 Å². The molecule has 0 heterocycles. The third-order valence-corrected chi connectivity index (χ3v) is 2.77. The summed E-state index contributed by atoms with van der Waals surface area (Å²) in [6, 6.07) is 0. The molecule has 0 spiro atoms. The van der Waals surface area contributed by atoms with E-state index >= 15 is 0 Å². The van der Waals surface area contributed by atoms with Crippen LogP contribution in [0.5, 0.6) is 0 Å². The monoisotopic (exact) mass is 254 g/mol. The molecule has 88 valence electrons. The Morgan fingerprint density at radius 1 is 1.53 bits per heavy atom. The zero-order valence-corrected chi connectivity index (χ0v) is 9.99. The molecule has 6 nitrogen and oxygen atoms in total. The molecular formula is C7H14N2O4S2. The number of nitrogens with two attached hydrogens (primary N) is 1. The molecular weight excluding hydrogens is 240 g/mol. The van der Waals surface area contributed by atoms with Gasteiger partial charge in [0.25, 0.3) is 0 Å². The topological polar surface area (TPSA) is 98.5 Å². The molecule has 0 rings (SSSR count). The summed E-state index contributed by atoms with van der Waals surface area (Å²) in [4.78, 5) is 11.1. The number of hydrogen-bond donors (Lipinski definition) is 2. The number of esters is 1. The number of sulfonamides is 1. The second-order valence-corrected chi connectivity index (χ2v) is 5.01. The van der Waals surface area contributed by atoms with E-state index in [1.165, 1.54) is 0 Å². The van der Waals surface area contributed by atoms with Crippen LogP contribution in [0.25, 0.3) is 0 Å². The summed E-state index contributed by atoms with van der Waals surface area (Å²) in [6.07, 6.45) is 0.261. The van der Waals surface area contributed by atoms with E-state index in [1.807, 2.05) is 0 Å². The maximum atomic E-state index is 11.2. The predicted molar refractivity (Wildman–Crippen MR) is 59.8 cm³/mol. The smallest absolute Gasteiger partial charge is 0.322 e. The van der Waals surface area contributed by atoms with Gasteiger partial charge in [0.05, 0.1) is 11.6 Å². The van der Waals surface area contributed by atoms with Gasteiger partial charge in [-0.15, -0.1) is 0 Å². The number of thiocarbonyl (C=S) groups is 1. The van der Waals surface area contributed by atoms with Crippen LogP contribution in [0.2, 0.25) is 0 Å². The molecule has 0 aliphatic carbocycles. The maximum absolute atomic E-state index is 11.2. The van der Waals surface area contributed by atoms with Crippen LogP contribution in [0.15, 0.2) is 0 Å². The van der Waals surface area contributed by atoms with E-state index in [9.17, 15) is 13.2 Å². The highest BCUT2D eigenvalue weighted by Crippen LogP contribution is 1.89. The first-order valence-electron chi connectivity index (χ1n) is 4.28. The summed E-state index contributed by atoms with van der Waals surface area (Å²) in [5.74, 6) is -1.46. The van der Waals surface area contributed by atoms with Gasteiger partial charge in [0.15, 0.2) is 5.75 Å². The van der Waals surface area contributed by atoms with E-state index in [0.29, 0.717) is 0 Å². The Labute approximate surface area is 94.2 Å². The molecule has 0 fully saturated rings. The summed E-state index contributed by atoms with van der Waals surface area (Å²) in [7, 11) is -3.64. The summed E-state index contributed by atoms with van der Waals surface area (Å²) in [5.41, 5.74) is 5.18. The van der Waals surface area contributed by atoms with Gasteiger partial charge >= 0.3 is 5.97 Å². The lowest BCUT2D eigenvalue weighted by Gasteiger charge is -2.05. The fourth-order valence-corrected chi connectivity index (χ4v) is 1.75. The van der Waals surface area contributed by atoms with Gasteiger partial charge in [0.1, 0.15) is 0 Å². The van der Waals surface area contributed by atoms with Crippen molar-refractivity contribution >= 4 is 33.2 Å². The summed E-state index contributed by atoms with van der Waals surface area (Å²) in [6.45, 7) is 1.85. The van der Waals surface area contributed by atoms with E-state index in [0.717, 1.165) is 0 Å². The van der Waals surface area contributed by atoms with Crippen molar-refractivity contribution in [1.82, 2.24) is 4.72 Å². The first kappa shape index (κ1) is 14.3. The van der Waals surface area contributed by atoms with E-state index in [4.69, 9.17) is 5.73 Å². The Hall–Kier alpha value is -0.730. The number of carbonyl (C=O) groups is 1. The molecule has 3 N–H and O–H groups in total. The van der Waals surface area contributed by atoms with Crippen molar-refractivity contribution in [2.45, 2.75) is 13.3 Å². The van der Waals surface area contributed by atoms with Gasteiger partial charge in [-0.25, -0.2) is 13.1 Å². The average Bonchev–Trinajstić information content (AvgIpc) is 2.01. The molecule has 0 saturated carbocycles. The normalized spacial score (nSPS) is 11.0. The molecule has 0 aromatic carbocycles. The first-order valence-corrected chi connectivity index (χ1v) is 6.34. The van der Waals surface area contributed by atoms with Crippen LogP contribution in [0.1, 0.15) is 13.3 Å². The van der Waals surface area contributed by atoms with Crippen LogP contribution in [-0.2, 0) is 19.6 Å². The van der Waals surface area contributed by atoms with Crippen molar-refractivity contribution in [3.63, 3.8) is 0 Å². The molecule has 0 bridgehead atoms. The highest BCUT2D eigenvalue weighted by Gasteiger charge is 2.16. The van der Waals surface area contributed by atoms with E-state index in [-0.39, 0.29) is 24.6 Å². The second-order valence-electron chi connectivity index (χ2n) is 2.67. The molecule has 0 aliphatic rings. The molecule has 0 aliphatic heterocycles. The minimum absolute atomic E-state index is 0.0943. The molecule has 0 unspecified atom stereocenters. The molecule has 0 aromatic heterocycles. The summed E-state index contributed by atoms with van der Waals surface area (Å²) >= 11 is 4.56. The Kier molecular flexibility index (Phi) is 6.37. The van der Waals surface area contributed by atoms with Gasteiger partial charge in [-0.05, 0) is 6.92 Å². The molecule has 0 amide bonds. The highest BCUT2D eigenvalue weighted by atomic mass is 32.2. The average molecular weight is 254 g/mol. The third-order valence-electron chi connectivity index (χ3n) is 1.31. The number of hydrogen-bond acceptors (Lipinski definition) is 5. The number of rotatable bonds is 7. The van der Waals surface area contributed by atoms with Crippen molar-refractivity contribution in [2.75, 3.05) is 18.9 Å². The number of carbonyl (C=O) groups excluding carboxylic acids is 1. The largest absolute Gasteiger partial charge is 0.465 e. The highest BCUT2D eigenvalue weighted by molar-refractivity contribution is 7.90. The number of ether oxygens (including phenoxy) is 1. The quantitative estimate of drug-likeness (QED) is 0.453. The van der Waals surface area contributed by atoms with Crippen LogP contribution in [-0.4, -0.2) is 38.3 Å². The van der Waals surface area contributed by atoms with Gasteiger partial charge in [-0.2, -0.15) is 0 Å². The summed E-state index contributed by atoms with van der Waals surface area (Å²) in [5, 5.41) is 0. The zero-order valence-electron chi connectivity index (χ0n) is 8.36. The minimum atomic E-state index is -3.64. The maximum Gasteiger partial charge on any atom is 0.322 e. The van der Waals surface area contributed by atoms with Gasteiger partial charge in [-0.1, -0.05) is 12.2 Å². The van der Waals surface area contributed by atoms with Crippen molar-refractivity contribution in [3.05, 3.63) is 0 Å². The van der Waals surface area contributed by atoms with Crippen molar-refractivity contribution in [3.8, 4) is 0 Å². The van der Waals surface area contributed by atoms with Crippen LogP contribution < -0.4 is 10.5 Å². The van der Waals surface area contributed by atoms with Gasteiger partial charge < -0.3 is 10.5 Å². The molecule has 0 radical (unpaired) electrons. The van der Waals surface area contributed by atoms with Gasteiger partial charge in [-0.3, -0.25) is 4.79 Å². The molecule has 0 saturated heterocycles. The lowest BCUT2D eigenvalue weighted by molar-refractivity contribution is -0.139.